The third-order valence-corrected chi connectivity index (χ3v) is 3.69. The highest BCUT2D eigenvalue weighted by molar-refractivity contribution is 5.70. The van der Waals surface area contributed by atoms with Crippen LogP contribution in [0.25, 0.3) is 0 Å². The zero-order valence-electron chi connectivity index (χ0n) is 17.6. The molecule has 0 aromatic rings. The summed E-state index contributed by atoms with van der Waals surface area (Å²) in [7, 11) is 2.94. The van der Waals surface area contributed by atoms with E-state index in [1.54, 1.807) is 6.92 Å². The Labute approximate surface area is 172 Å². The van der Waals surface area contributed by atoms with Crippen LogP contribution < -0.4 is 5.32 Å². The molecule has 0 amide bonds. The molecule has 0 bridgehead atoms. The first-order valence-electron chi connectivity index (χ1n) is 9.80. The van der Waals surface area contributed by atoms with Gasteiger partial charge in [0.05, 0.1) is 19.8 Å². The molecule has 0 aliphatic carbocycles. The van der Waals surface area contributed by atoms with Crippen molar-refractivity contribution in [2.75, 3.05) is 53.7 Å². The fraction of sp³-hybridized carbons (Fsp3) is 0.842. The summed E-state index contributed by atoms with van der Waals surface area (Å²) in [5.41, 5.74) is 0. The van der Waals surface area contributed by atoms with Crippen LogP contribution in [-0.2, 0) is 38.1 Å². The fourth-order valence-electron chi connectivity index (χ4n) is 2.23. The second-order valence-corrected chi connectivity index (χ2v) is 6.31. The maximum atomic E-state index is 11.9. The molecule has 0 saturated carbocycles. The lowest BCUT2D eigenvalue weighted by Gasteiger charge is -2.17. The van der Waals surface area contributed by atoms with E-state index in [-0.39, 0.29) is 57.6 Å². The number of nitrogens with one attached hydrogen (secondary N) is 1. The van der Waals surface area contributed by atoms with E-state index in [0.29, 0.717) is 25.9 Å². The highest BCUT2D eigenvalue weighted by Crippen LogP contribution is 2.02. The maximum Gasteiger partial charge on any atom is 0.306 e. The van der Waals surface area contributed by atoms with E-state index in [2.05, 4.69) is 5.32 Å². The number of rotatable bonds is 18. The zero-order chi connectivity index (χ0) is 21.9. The van der Waals surface area contributed by atoms with Gasteiger partial charge in [-0.2, -0.15) is 0 Å². The summed E-state index contributed by atoms with van der Waals surface area (Å²) in [5, 5.41) is 12.2. The van der Waals surface area contributed by atoms with Crippen molar-refractivity contribution in [2.45, 2.75) is 51.2 Å². The van der Waals surface area contributed by atoms with Crippen molar-refractivity contribution in [3.05, 3.63) is 0 Å². The van der Waals surface area contributed by atoms with Crippen molar-refractivity contribution in [3.8, 4) is 0 Å². The Balaban J connectivity index is 3.81. The van der Waals surface area contributed by atoms with Gasteiger partial charge in [-0.1, -0.05) is 6.92 Å². The van der Waals surface area contributed by atoms with Crippen molar-refractivity contribution in [3.63, 3.8) is 0 Å². The highest BCUT2D eigenvalue weighted by atomic mass is 16.6. The Morgan fingerprint density at radius 3 is 1.83 bits per heavy atom. The van der Waals surface area contributed by atoms with Crippen LogP contribution in [0.2, 0.25) is 0 Å². The van der Waals surface area contributed by atoms with Gasteiger partial charge in [-0.05, 0) is 25.9 Å². The molecule has 10 heteroatoms. The van der Waals surface area contributed by atoms with E-state index >= 15 is 0 Å². The van der Waals surface area contributed by atoms with Gasteiger partial charge in [-0.25, -0.2) is 0 Å². The predicted molar refractivity (Wildman–Crippen MR) is 103 cm³/mol. The number of carbonyl (C=O) groups is 3. The third-order valence-electron chi connectivity index (χ3n) is 3.69. The Kier molecular flexibility index (Phi) is 17.2. The van der Waals surface area contributed by atoms with E-state index in [0.717, 1.165) is 0 Å². The number of aliphatic hydroxyl groups is 1. The van der Waals surface area contributed by atoms with Crippen molar-refractivity contribution in [2.24, 2.45) is 0 Å². The average Bonchev–Trinajstić information content (AvgIpc) is 2.70. The van der Waals surface area contributed by atoms with Crippen LogP contribution in [-0.4, -0.2) is 89.0 Å². The summed E-state index contributed by atoms with van der Waals surface area (Å²) in [6, 6.07) is 0. The number of hydrogen-bond donors (Lipinski definition) is 2. The number of carbonyl (C=O) groups excluding carboxylic acids is 3. The number of ether oxygens (including phenoxy) is 5. The molecule has 29 heavy (non-hydrogen) atoms. The van der Waals surface area contributed by atoms with Gasteiger partial charge in [-0.3, -0.25) is 14.4 Å². The minimum absolute atomic E-state index is 0.0257. The first kappa shape index (κ1) is 27.2. The monoisotopic (exact) mass is 421 g/mol. The number of aliphatic hydroxyl groups excluding tert-OH is 1. The number of esters is 3. The maximum absolute atomic E-state index is 11.9. The Morgan fingerprint density at radius 1 is 0.828 bits per heavy atom. The Hall–Kier alpha value is -1.75. The molecule has 0 aromatic carbocycles. The fourth-order valence-corrected chi connectivity index (χ4v) is 2.23. The van der Waals surface area contributed by atoms with E-state index in [1.165, 1.54) is 14.2 Å². The minimum Gasteiger partial charge on any atom is -0.462 e. The first-order valence-corrected chi connectivity index (χ1v) is 9.80. The Morgan fingerprint density at radius 2 is 1.34 bits per heavy atom. The summed E-state index contributed by atoms with van der Waals surface area (Å²) in [5.74, 6) is -1.14. The highest BCUT2D eigenvalue weighted by Gasteiger charge is 2.16. The van der Waals surface area contributed by atoms with Crippen molar-refractivity contribution >= 4 is 17.9 Å². The van der Waals surface area contributed by atoms with Crippen LogP contribution in [0, 0.1) is 0 Å². The van der Waals surface area contributed by atoms with E-state index in [4.69, 9.17) is 28.8 Å². The molecule has 0 saturated heterocycles. The van der Waals surface area contributed by atoms with Crippen LogP contribution in [0.4, 0.5) is 0 Å². The molecule has 0 rings (SSSR count). The molecule has 0 aliphatic rings. The normalized spacial score (nSPS) is 12.8. The van der Waals surface area contributed by atoms with Gasteiger partial charge in [0, 0.05) is 33.5 Å². The molecule has 0 heterocycles. The lowest BCUT2D eigenvalue weighted by molar-refractivity contribution is -0.162. The molecular weight excluding hydrogens is 386 g/mol. The Bertz CT molecular complexity index is 459. The summed E-state index contributed by atoms with van der Waals surface area (Å²) in [4.78, 5) is 34.7. The molecule has 2 unspecified atom stereocenters. The minimum atomic E-state index is -0.640. The van der Waals surface area contributed by atoms with Crippen LogP contribution in [0.3, 0.4) is 0 Å². The summed E-state index contributed by atoms with van der Waals surface area (Å²) in [6.07, 6.45) is 0.579. The molecule has 2 atom stereocenters. The van der Waals surface area contributed by atoms with Crippen LogP contribution >= 0.6 is 0 Å². The quantitative estimate of drug-likeness (QED) is 0.180. The topological polar surface area (TPSA) is 130 Å². The molecular formula is C19H35NO9. The van der Waals surface area contributed by atoms with Gasteiger partial charge >= 0.3 is 17.9 Å². The van der Waals surface area contributed by atoms with E-state index in [9.17, 15) is 14.4 Å². The van der Waals surface area contributed by atoms with Gasteiger partial charge in [0.1, 0.15) is 12.7 Å². The molecule has 0 radical (unpaired) electrons. The van der Waals surface area contributed by atoms with Gasteiger partial charge in [0.15, 0.2) is 6.10 Å². The number of methoxy groups -OCH3 is 2. The van der Waals surface area contributed by atoms with Crippen molar-refractivity contribution < 1.29 is 43.2 Å². The molecule has 10 nitrogen and oxygen atoms in total. The lowest BCUT2D eigenvalue weighted by Crippen LogP contribution is -2.29. The van der Waals surface area contributed by atoms with E-state index < -0.39 is 18.2 Å². The van der Waals surface area contributed by atoms with Gasteiger partial charge in [-0.15, -0.1) is 0 Å². The SMILES string of the molecule is CCC(=O)OCC(COC)OC(=O)CCCNCCCC(=O)OC(CO)COC. The molecule has 170 valence electrons. The second kappa shape index (κ2) is 18.3. The molecule has 0 aromatic heterocycles. The summed E-state index contributed by atoms with van der Waals surface area (Å²) >= 11 is 0. The van der Waals surface area contributed by atoms with Gasteiger partial charge in [0.2, 0.25) is 0 Å². The zero-order valence-corrected chi connectivity index (χ0v) is 17.6. The van der Waals surface area contributed by atoms with E-state index in [1.807, 2.05) is 0 Å². The standard InChI is InChI=1S/C19H35NO9/c1-4-17(22)27-14-16(13-26-3)29-19(24)8-6-10-20-9-5-7-18(23)28-15(11-21)12-25-2/h15-16,20-21H,4-14H2,1-3H3. The largest absolute Gasteiger partial charge is 0.462 e. The second-order valence-electron chi connectivity index (χ2n) is 6.31. The third kappa shape index (κ3) is 15.8. The summed E-state index contributed by atoms with van der Waals surface area (Å²) < 4.78 is 25.1. The smallest absolute Gasteiger partial charge is 0.306 e. The van der Waals surface area contributed by atoms with Crippen LogP contribution in [0.1, 0.15) is 39.0 Å². The summed E-state index contributed by atoms with van der Waals surface area (Å²) in [6.45, 7) is 2.87. The average molecular weight is 421 g/mol. The van der Waals surface area contributed by atoms with Crippen molar-refractivity contribution in [1.29, 1.82) is 0 Å². The van der Waals surface area contributed by atoms with Gasteiger partial charge in [0.25, 0.3) is 0 Å². The van der Waals surface area contributed by atoms with Crippen molar-refractivity contribution in [1.82, 2.24) is 5.32 Å². The molecule has 0 spiro atoms. The van der Waals surface area contributed by atoms with Crippen LogP contribution in [0.5, 0.6) is 0 Å². The van der Waals surface area contributed by atoms with Gasteiger partial charge < -0.3 is 34.1 Å². The molecule has 2 N–H and O–H groups in total. The predicted octanol–water partition coefficient (Wildman–Crippen LogP) is 0.198. The lowest BCUT2D eigenvalue weighted by atomic mass is 10.2. The molecule has 0 fully saturated rings. The first-order chi connectivity index (χ1) is 14.0. The molecule has 0 aliphatic heterocycles. The number of hydrogen-bond acceptors (Lipinski definition) is 10. The van der Waals surface area contributed by atoms with Crippen LogP contribution in [0.15, 0.2) is 0 Å².